The molecule has 0 aliphatic carbocycles. The second-order valence-corrected chi connectivity index (χ2v) is 7.32. The Hall–Kier alpha value is -2.39. The zero-order valence-corrected chi connectivity index (χ0v) is 15.4. The highest BCUT2D eigenvalue weighted by molar-refractivity contribution is 7.00. The Morgan fingerprint density at radius 3 is 3.12 bits per heavy atom. The van der Waals surface area contributed by atoms with Crippen LogP contribution in [-0.2, 0) is 13.1 Å². The summed E-state index contributed by atoms with van der Waals surface area (Å²) in [7, 11) is 1.77. The van der Waals surface area contributed by atoms with E-state index in [1.165, 1.54) is 24.6 Å². The molecule has 1 amide bonds. The summed E-state index contributed by atoms with van der Waals surface area (Å²) in [5.74, 6) is 0.416. The van der Waals surface area contributed by atoms with E-state index in [9.17, 15) is 4.79 Å². The number of carbonyl (C=O) groups excluding carboxylic acids is 1. The monoisotopic (exact) mass is 371 g/mol. The number of carbonyl (C=O) groups is 1. The van der Waals surface area contributed by atoms with Crippen molar-refractivity contribution in [3.63, 3.8) is 0 Å². The van der Waals surface area contributed by atoms with Gasteiger partial charge in [0.2, 0.25) is 0 Å². The highest BCUT2D eigenvalue weighted by Gasteiger charge is 2.19. The lowest BCUT2D eigenvalue weighted by molar-refractivity contribution is 0.0779. The molecule has 1 aromatic carbocycles. The Morgan fingerprint density at radius 1 is 1.38 bits per heavy atom. The lowest BCUT2D eigenvalue weighted by atomic mass is 10.00. The van der Waals surface area contributed by atoms with Gasteiger partial charge in [0.15, 0.2) is 5.69 Å². The van der Waals surface area contributed by atoms with E-state index in [1.54, 1.807) is 22.8 Å². The van der Waals surface area contributed by atoms with E-state index in [4.69, 9.17) is 0 Å². The number of rotatable bonds is 5. The molecule has 0 radical (unpaired) electrons. The molecule has 0 unspecified atom stereocenters. The zero-order chi connectivity index (χ0) is 17.9. The third kappa shape index (κ3) is 3.73. The Kier molecular flexibility index (Phi) is 4.89. The molecule has 136 valence electrons. The van der Waals surface area contributed by atoms with Crippen LogP contribution in [0.4, 0.5) is 0 Å². The molecule has 3 heterocycles. The van der Waals surface area contributed by atoms with Crippen molar-refractivity contribution < 1.29 is 4.79 Å². The highest BCUT2D eigenvalue weighted by Crippen LogP contribution is 2.16. The van der Waals surface area contributed by atoms with E-state index in [0.717, 1.165) is 36.2 Å². The summed E-state index contributed by atoms with van der Waals surface area (Å²) in [6.45, 7) is 3.37. The van der Waals surface area contributed by atoms with E-state index < -0.39 is 0 Å². The molecule has 1 atom stereocenters. The molecule has 0 bridgehead atoms. The van der Waals surface area contributed by atoms with Gasteiger partial charge in [0.05, 0.1) is 17.9 Å². The van der Waals surface area contributed by atoms with Crippen LogP contribution < -0.4 is 5.32 Å². The number of amides is 1. The minimum atomic E-state index is -0.130. The molecule has 26 heavy (non-hydrogen) atoms. The molecule has 1 N–H and O–H groups in total. The lowest BCUT2D eigenvalue weighted by Crippen LogP contribution is -2.32. The van der Waals surface area contributed by atoms with Crippen LogP contribution in [-0.4, -0.2) is 54.7 Å². The molecule has 1 fully saturated rings. The van der Waals surface area contributed by atoms with Crippen LogP contribution in [0.15, 0.2) is 24.4 Å². The molecule has 1 aliphatic rings. The molecule has 1 saturated heterocycles. The van der Waals surface area contributed by atoms with Crippen LogP contribution >= 0.6 is 11.7 Å². The summed E-state index contributed by atoms with van der Waals surface area (Å²) in [6, 6.07) is 5.87. The van der Waals surface area contributed by atoms with Gasteiger partial charge in [-0.15, -0.1) is 5.10 Å². The van der Waals surface area contributed by atoms with Gasteiger partial charge in [-0.1, -0.05) is 11.3 Å². The van der Waals surface area contributed by atoms with Crippen LogP contribution in [0.3, 0.4) is 0 Å². The van der Waals surface area contributed by atoms with Crippen molar-refractivity contribution in [3.05, 3.63) is 35.7 Å². The minimum Gasteiger partial charge on any atom is -0.336 e. The Balaban J connectivity index is 1.39. The molecule has 0 spiro atoms. The van der Waals surface area contributed by atoms with Crippen molar-refractivity contribution in [2.24, 2.45) is 5.92 Å². The SMILES string of the molecule is CN(Cc1ccc2nsnc2c1)C(=O)c1cn(C[C@@H]2CCCNC2)nn1. The molecule has 1 aliphatic heterocycles. The van der Waals surface area contributed by atoms with Gasteiger partial charge in [-0.05, 0) is 49.5 Å². The first kappa shape index (κ1) is 17.0. The maximum Gasteiger partial charge on any atom is 0.276 e. The number of benzene rings is 1. The molecular formula is C17H21N7OS. The van der Waals surface area contributed by atoms with Crippen molar-refractivity contribution in [2.45, 2.75) is 25.9 Å². The number of hydrogen-bond acceptors (Lipinski definition) is 7. The fourth-order valence-corrected chi connectivity index (χ4v) is 3.81. The largest absolute Gasteiger partial charge is 0.336 e. The van der Waals surface area contributed by atoms with Gasteiger partial charge in [-0.3, -0.25) is 9.48 Å². The van der Waals surface area contributed by atoms with E-state index >= 15 is 0 Å². The summed E-state index contributed by atoms with van der Waals surface area (Å²) in [5.41, 5.74) is 3.14. The van der Waals surface area contributed by atoms with Crippen LogP contribution in [0.25, 0.3) is 11.0 Å². The summed E-state index contributed by atoms with van der Waals surface area (Å²) in [4.78, 5) is 14.3. The number of fused-ring (bicyclic) bond motifs is 1. The molecule has 2 aromatic heterocycles. The fraction of sp³-hybridized carbons (Fsp3) is 0.471. The maximum atomic E-state index is 12.6. The number of nitrogens with zero attached hydrogens (tertiary/aromatic N) is 6. The maximum absolute atomic E-state index is 12.6. The Morgan fingerprint density at radius 2 is 2.27 bits per heavy atom. The topological polar surface area (TPSA) is 88.8 Å². The van der Waals surface area contributed by atoms with Crippen molar-refractivity contribution in [1.82, 2.24) is 34.0 Å². The molecular weight excluding hydrogens is 350 g/mol. The molecule has 4 rings (SSSR count). The van der Waals surface area contributed by atoms with Crippen molar-refractivity contribution >= 4 is 28.7 Å². The van der Waals surface area contributed by atoms with Gasteiger partial charge in [0.25, 0.3) is 5.91 Å². The first-order chi connectivity index (χ1) is 12.7. The number of aromatic nitrogens is 5. The van der Waals surface area contributed by atoms with Gasteiger partial charge in [-0.2, -0.15) is 8.75 Å². The van der Waals surface area contributed by atoms with Crippen LogP contribution in [0.5, 0.6) is 0 Å². The van der Waals surface area contributed by atoms with Crippen molar-refractivity contribution in [2.75, 3.05) is 20.1 Å². The zero-order valence-electron chi connectivity index (χ0n) is 14.6. The Labute approximate surface area is 155 Å². The second kappa shape index (κ2) is 7.46. The van der Waals surface area contributed by atoms with Gasteiger partial charge < -0.3 is 10.2 Å². The van der Waals surface area contributed by atoms with E-state index in [-0.39, 0.29) is 5.91 Å². The first-order valence-electron chi connectivity index (χ1n) is 8.76. The van der Waals surface area contributed by atoms with Gasteiger partial charge in [0, 0.05) is 20.1 Å². The summed E-state index contributed by atoms with van der Waals surface area (Å²) >= 11 is 1.19. The highest BCUT2D eigenvalue weighted by atomic mass is 32.1. The second-order valence-electron chi connectivity index (χ2n) is 6.79. The van der Waals surface area contributed by atoms with E-state index in [1.807, 2.05) is 18.2 Å². The lowest BCUT2D eigenvalue weighted by Gasteiger charge is -2.22. The quantitative estimate of drug-likeness (QED) is 0.732. The molecule has 9 heteroatoms. The average Bonchev–Trinajstić information content (AvgIpc) is 3.31. The van der Waals surface area contributed by atoms with E-state index in [2.05, 4.69) is 24.4 Å². The van der Waals surface area contributed by atoms with Crippen molar-refractivity contribution in [3.8, 4) is 0 Å². The third-order valence-corrected chi connectivity index (χ3v) is 5.24. The molecule has 3 aromatic rings. The third-order valence-electron chi connectivity index (χ3n) is 4.69. The summed E-state index contributed by atoms with van der Waals surface area (Å²) in [5, 5.41) is 11.6. The molecule has 8 nitrogen and oxygen atoms in total. The summed E-state index contributed by atoms with van der Waals surface area (Å²) in [6.07, 6.45) is 4.12. The predicted octanol–water partition coefficient (Wildman–Crippen LogP) is 1.55. The smallest absolute Gasteiger partial charge is 0.276 e. The first-order valence-corrected chi connectivity index (χ1v) is 9.49. The average molecular weight is 371 g/mol. The van der Waals surface area contributed by atoms with Crippen molar-refractivity contribution in [1.29, 1.82) is 0 Å². The number of hydrogen-bond donors (Lipinski definition) is 1. The van der Waals surface area contributed by atoms with Gasteiger partial charge >= 0.3 is 0 Å². The standard InChI is InChI=1S/C17H21N7OS/c1-23(9-12-4-5-14-15(7-12)21-26-20-14)17(25)16-11-24(22-19-16)10-13-3-2-6-18-8-13/h4-5,7,11,13,18H,2-3,6,8-10H2,1H3/t13-/m1/s1. The predicted molar refractivity (Wildman–Crippen MR) is 98.8 cm³/mol. The Bertz CT molecular complexity index is 899. The van der Waals surface area contributed by atoms with E-state index in [0.29, 0.717) is 18.2 Å². The number of piperidine rings is 1. The van der Waals surface area contributed by atoms with Crippen LogP contribution in [0.1, 0.15) is 28.9 Å². The molecule has 0 saturated carbocycles. The van der Waals surface area contributed by atoms with Crippen LogP contribution in [0.2, 0.25) is 0 Å². The summed E-state index contributed by atoms with van der Waals surface area (Å²) < 4.78 is 10.2. The van der Waals surface area contributed by atoms with Gasteiger partial charge in [-0.25, -0.2) is 0 Å². The normalized spacial score (nSPS) is 17.5. The minimum absolute atomic E-state index is 0.130. The van der Waals surface area contributed by atoms with Gasteiger partial charge in [0.1, 0.15) is 11.0 Å². The number of nitrogens with one attached hydrogen (secondary N) is 1. The van der Waals surface area contributed by atoms with Crippen LogP contribution in [0, 0.1) is 5.92 Å². The fourth-order valence-electron chi connectivity index (χ4n) is 3.30.